The summed E-state index contributed by atoms with van der Waals surface area (Å²) in [5.74, 6) is 0. The number of H-pyrrole nitrogens is 1. The first kappa shape index (κ1) is 15.4. The molecule has 5 nitrogen and oxygen atoms in total. The fourth-order valence-electron chi connectivity index (χ4n) is 1.76. The van der Waals surface area contributed by atoms with Gasteiger partial charge in [0.25, 0.3) is 10.0 Å². The molecule has 0 unspecified atom stereocenters. The Balaban J connectivity index is 2.50. The summed E-state index contributed by atoms with van der Waals surface area (Å²) in [4.78, 5) is 0.0691. The normalized spacial score (nSPS) is 11.7. The molecule has 0 fully saturated rings. The second-order valence-electron chi connectivity index (χ2n) is 4.11. The van der Waals surface area contributed by atoms with Gasteiger partial charge < -0.3 is 0 Å². The van der Waals surface area contributed by atoms with Gasteiger partial charge >= 0.3 is 0 Å². The van der Waals surface area contributed by atoms with Crippen molar-refractivity contribution in [1.82, 2.24) is 10.2 Å². The lowest BCUT2D eigenvalue weighted by Crippen LogP contribution is -2.15. The summed E-state index contributed by atoms with van der Waals surface area (Å²) in [7, 11) is -3.84. The molecule has 108 valence electrons. The van der Waals surface area contributed by atoms with Crippen LogP contribution in [0.15, 0.2) is 17.0 Å². The maximum Gasteiger partial charge on any atom is 0.265 e. The van der Waals surface area contributed by atoms with Gasteiger partial charge in [-0.05, 0) is 26.0 Å². The van der Waals surface area contributed by atoms with Gasteiger partial charge in [-0.25, -0.2) is 8.42 Å². The van der Waals surface area contributed by atoms with Gasteiger partial charge in [-0.2, -0.15) is 5.10 Å². The van der Waals surface area contributed by atoms with Crippen molar-refractivity contribution in [1.29, 1.82) is 0 Å². The van der Waals surface area contributed by atoms with E-state index in [4.69, 9.17) is 34.8 Å². The minimum atomic E-state index is -3.84. The molecular weight excluding hydrogens is 345 g/mol. The standard InChI is InChI=1S/C11H10Cl3N3O2S/c1-5-11(6(2)16-15-5)20(18,19)17-10-8(13)3-7(12)4-9(10)14/h3-4,17H,1-2H3,(H,15,16). The van der Waals surface area contributed by atoms with Crippen LogP contribution in [0.5, 0.6) is 0 Å². The molecule has 0 aliphatic rings. The number of nitrogens with zero attached hydrogens (tertiary/aromatic N) is 1. The molecule has 20 heavy (non-hydrogen) atoms. The Morgan fingerprint density at radius 2 is 1.70 bits per heavy atom. The molecular formula is C11H10Cl3N3O2S. The van der Waals surface area contributed by atoms with Crippen LogP contribution in [0.3, 0.4) is 0 Å². The maximum absolute atomic E-state index is 12.4. The van der Waals surface area contributed by atoms with E-state index < -0.39 is 10.0 Å². The largest absolute Gasteiger partial charge is 0.281 e. The Morgan fingerprint density at radius 3 is 2.15 bits per heavy atom. The molecule has 2 aromatic rings. The van der Waals surface area contributed by atoms with Gasteiger partial charge in [-0.1, -0.05) is 34.8 Å². The minimum absolute atomic E-state index is 0.0691. The van der Waals surface area contributed by atoms with Crippen LogP contribution in [-0.2, 0) is 10.0 Å². The third kappa shape index (κ3) is 2.88. The number of aryl methyl sites for hydroxylation is 2. The highest BCUT2D eigenvalue weighted by molar-refractivity contribution is 7.92. The number of aromatic nitrogens is 2. The third-order valence-corrected chi connectivity index (χ3v) is 5.00. The van der Waals surface area contributed by atoms with Crippen molar-refractivity contribution < 1.29 is 8.42 Å². The Bertz CT molecular complexity index is 729. The lowest BCUT2D eigenvalue weighted by Gasteiger charge is -2.11. The second kappa shape index (κ2) is 5.44. The Morgan fingerprint density at radius 1 is 1.15 bits per heavy atom. The highest BCUT2D eigenvalue weighted by atomic mass is 35.5. The highest BCUT2D eigenvalue weighted by Gasteiger charge is 2.24. The summed E-state index contributed by atoms with van der Waals surface area (Å²) in [5.41, 5.74) is 0.866. The fourth-order valence-corrected chi connectivity index (χ4v) is 4.26. The topological polar surface area (TPSA) is 74.8 Å². The number of anilines is 1. The summed E-state index contributed by atoms with van der Waals surface area (Å²) in [6.45, 7) is 3.20. The van der Waals surface area contributed by atoms with E-state index >= 15 is 0 Å². The van der Waals surface area contributed by atoms with Crippen molar-refractivity contribution in [2.24, 2.45) is 0 Å². The van der Waals surface area contributed by atoms with Gasteiger partial charge in [-0.15, -0.1) is 0 Å². The van der Waals surface area contributed by atoms with Gasteiger partial charge in [0.15, 0.2) is 0 Å². The molecule has 1 aromatic carbocycles. The van der Waals surface area contributed by atoms with E-state index in [1.807, 2.05) is 0 Å². The Labute approximate surface area is 131 Å². The van der Waals surface area contributed by atoms with Crippen LogP contribution < -0.4 is 4.72 Å². The molecule has 1 heterocycles. The van der Waals surface area contributed by atoms with E-state index in [2.05, 4.69) is 14.9 Å². The predicted molar refractivity (Wildman–Crippen MR) is 80.3 cm³/mol. The lowest BCUT2D eigenvalue weighted by atomic mass is 10.3. The smallest absolute Gasteiger partial charge is 0.265 e. The molecule has 2 N–H and O–H groups in total. The van der Waals surface area contributed by atoms with E-state index in [0.717, 1.165) is 0 Å². The molecule has 0 aliphatic heterocycles. The zero-order valence-electron chi connectivity index (χ0n) is 10.5. The Hall–Kier alpha value is -0.950. The molecule has 2 rings (SSSR count). The number of sulfonamides is 1. The third-order valence-electron chi connectivity index (χ3n) is 2.57. The highest BCUT2D eigenvalue weighted by Crippen LogP contribution is 2.35. The monoisotopic (exact) mass is 353 g/mol. The zero-order chi connectivity index (χ0) is 15.1. The maximum atomic E-state index is 12.4. The second-order valence-corrected chi connectivity index (χ2v) is 6.98. The number of benzene rings is 1. The van der Waals surface area contributed by atoms with Crippen LogP contribution >= 0.6 is 34.8 Å². The SMILES string of the molecule is Cc1n[nH]c(C)c1S(=O)(=O)Nc1c(Cl)cc(Cl)cc1Cl. The molecule has 0 amide bonds. The van der Waals surface area contributed by atoms with E-state index in [1.165, 1.54) is 12.1 Å². The molecule has 0 aliphatic carbocycles. The molecule has 0 spiro atoms. The molecule has 0 saturated carbocycles. The van der Waals surface area contributed by atoms with E-state index in [-0.39, 0.29) is 20.6 Å². The number of halogens is 3. The zero-order valence-corrected chi connectivity index (χ0v) is 13.5. The summed E-state index contributed by atoms with van der Waals surface area (Å²) >= 11 is 17.7. The number of hydrogen-bond donors (Lipinski definition) is 2. The molecule has 0 atom stereocenters. The minimum Gasteiger partial charge on any atom is -0.281 e. The summed E-state index contributed by atoms with van der Waals surface area (Å²) < 4.78 is 27.1. The van der Waals surface area contributed by atoms with Crippen LogP contribution in [0.25, 0.3) is 0 Å². The summed E-state index contributed by atoms with van der Waals surface area (Å²) in [6, 6.07) is 2.81. The number of rotatable bonds is 3. The first-order valence-corrected chi connectivity index (χ1v) is 8.03. The fraction of sp³-hybridized carbons (Fsp3) is 0.182. The lowest BCUT2D eigenvalue weighted by molar-refractivity contribution is 0.600. The first-order valence-electron chi connectivity index (χ1n) is 5.41. The summed E-state index contributed by atoms with van der Waals surface area (Å²) in [6.07, 6.45) is 0. The first-order chi connectivity index (χ1) is 9.22. The van der Waals surface area contributed by atoms with Crippen molar-refractivity contribution in [2.45, 2.75) is 18.7 Å². The van der Waals surface area contributed by atoms with Crippen LogP contribution in [-0.4, -0.2) is 18.6 Å². The average Bonchev–Trinajstić information content (AvgIpc) is 2.64. The van der Waals surface area contributed by atoms with Gasteiger partial charge in [0.2, 0.25) is 0 Å². The van der Waals surface area contributed by atoms with Crippen molar-refractivity contribution in [3.63, 3.8) is 0 Å². The van der Waals surface area contributed by atoms with E-state index in [0.29, 0.717) is 16.4 Å². The van der Waals surface area contributed by atoms with Crippen LogP contribution in [0, 0.1) is 13.8 Å². The van der Waals surface area contributed by atoms with Gasteiger partial charge in [0, 0.05) is 5.02 Å². The molecule has 0 bridgehead atoms. The van der Waals surface area contributed by atoms with Crippen molar-refractivity contribution in [2.75, 3.05) is 4.72 Å². The van der Waals surface area contributed by atoms with Crippen LogP contribution in [0.2, 0.25) is 15.1 Å². The van der Waals surface area contributed by atoms with Gasteiger partial charge in [-0.3, -0.25) is 9.82 Å². The molecule has 9 heteroatoms. The molecule has 0 saturated heterocycles. The average molecular weight is 355 g/mol. The van der Waals surface area contributed by atoms with Crippen molar-refractivity contribution >= 4 is 50.5 Å². The number of aromatic amines is 1. The van der Waals surface area contributed by atoms with Crippen molar-refractivity contribution in [3.05, 3.63) is 38.6 Å². The van der Waals surface area contributed by atoms with Crippen LogP contribution in [0.4, 0.5) is 5.69 Å². The van der Waals surface area contributed by atoms with Gasteiger partial charge in [0.1, 0.15) is 4.90 Å². The van der Waals surface area contributed by atoms with Crippen molar-refractivity contribution in [3.8, 4) is 0 Å². The molecule has 0 radical (unpaired) electrons. The number of hydrogen-bond acceptors (Lipinski definition) is 3. The quantitative estimate of drug-likeness (QED) is 0.880. The van der Waals surface area contributed by atoms with E-state index in [9.17, 15) is 8.42 Å². The summed E-state index contributed by atoms with van der Waals surface area (Å²) in [5, 5.41) is 7.01. The van der Waals surface area contributed by atoms with E-state index in [1.54, 1.807) is 13.8 Å². The van der Waals surface area contributed by atoms with Gasteiger partial charge in [0.05, 0.1) is 27.1 Å². The predicted octanol–water partition coefficient (Wildman–Crippen LogP) is 3.79. The molecule has 1 aromatic heterocycles. The number of nitrogens with one attached hydrogen (secondary N) is 2. The Kier molecular flexibility index (Phi) is 4.20. The van der Waals surface area contributed by atoms with Crippen LogP contribution in [0.1, 0.15) is 11.4 Å².